The molecule has 1 aromatic heterocycles. The Hall–Kier alpha value is -1.65. The lowest BCUT2D eigenvalue weighted by molar-refractivity contribution is 0.0954. The summed E-state index contributed by atoms with van der Waals surface area (Å²) in [5.74, 6) is -0.0407. The Morgan fingerprint density at radius 2 is 2.15 bits per heavy atom. The number of thiophene rings is 1. The second kappa shape index (κ2) is 6.68. The van der Waals surface area contributed by atoms with Gasteiger partial charge in [-0.05, 0) is 44.5 Å². The van der Waals surface area contributed by atoms with E-state index < -0.39 is 6.10 Å². The molecule has 0 spiro atoms. The Morgan fingerprint density at radius 3 is 2.80 bits per heavy atom. The number of nitrogens with one attached hydrogen (secondary N) is 1. The van der Waals surface area contributed by atoms with Crippen LogP contribution in [0.2, 0.25) is 0 Å². The van der Waals surface area contributed by atoms with Gasteiger partial charge in [0.05, 0.1) is 6.10 Å². The van der Waals surface area contributed by atoms with Gasteiger partial charge >= 0.3 is 0 Å². The highest BCUT2D eigenvalue weighted by Crippen LogP contribution is 2.22. The molecule has 0 saturated heterocycles. The summed E-state index contributed by atoms with van der Waals surface area (Å²) in [6, 6.07) is 11.5. The average Bonchev–Trinajstić information content (AvgIpc) is 2.87. The van der Waals surface area contributed by atoms with E-state index in [0.29, 0.717) is 12.1 Å². The van der Waals surface area contributed by atoms with E-state index in [2.05, 4.69) is 5.32 Å². The van der Waals surface area contributed by atoms with Gasteiger partial charge in [-0.2, -0.15) is 0 Å². The van der Waals surface area contributed by atoms with Crippen molar-refractivity contribution < 1.29 is 9.90 Å². The highest BCUT2D eigenvalue weighted by atomic mass is 32.1. The minimum absolute atomic E-state index is 0.0407. The average molecular weight is 289 g/mol. The second-order valence-corrected chi connectivity index (χ2v) is 6.06. The van der Waals surface area contributed by atoms with E-state index in [9.17, 15) is 9.90 Å². The number of amides is 1. The topological polar surface area (TPSA) is 49.3 Å². The highest BCUT2D eigenvalue weighted by Gasteiger charge is 2.07. The van der Waals surface area contributed by atoms with Crippen LogP contribution >= 0.6 is 11.3 Å². The number of hydrogen-bond acceptors (Lipinski definition) is 3. The van der Waals surface area contributed by atoms with Crippen LogP contribution in [0.4, 0.5) is 0 Å². The molecule has 2 N–H and O–H groups in total. The van der Waals surface area contributed by atoms with Crippen LogP contribution in [0.25, 0.3) is 0 Å². The molecule has 1 atom stereocenters. The van der Waals surface area contributed by atoms with E-state index in [1.54, 1.807) is 18.3 Å². The fraction of sp³-hybridized carbons (Fsp3) is 0.312. The van der Waals surface area contributed by atoms with Gasteiger partial charge in [0.2, 0.25) is 0 Å². The lowest BCUT2D eigenvalue weighted by Gasteiger charge is -2.05. The Bertz CT molecular complexity index is 590. The van der Waals surface area contributed by atoms with Gasteiger partial charge in [0.15, 0.2) is 0 Å². The molecule has 1 heterocycles. The standard InChI is InChI=1S/C16H19NO2S/c1-11-4-3-5-13(10-11)16(19)17-9-8-14-6-7-15(20-14)12(2)18/h3-7,10,12,18H,8-9H2,1-2H3,(H,17,19)/t12-/m1/s1. The minimum atomic E-state index is -0.421. The summed E-state index contributed by atoms with van der Waals surface area (Å²) >= 11 is 1.59. The van der Waals surface area contributed by atoms with E-state index in [0.717, 1.165) is 16.9 Å². The first kappa shape index (κ1) is 14.8. The fourth-order valence-corrected chi connectivity index (χ4v) is 2.89. The molecule has 0 radical (unpaired) electrons. The fourth-order valence-electron chi connectivity index (χ4n) is 1.94. The highest BCUT2D eigenvalue weighted by molar-refractivity contribution is 7.12. The van der Waals surface area contributed by atoms with E-state index in [1.807, 2.05) is 43.3 Å². The molecule has 3 nitrogen and oxygen atoms in total. The van der Waals surface area contributed by atoms with Crippen molar-refractivity contribution in [1.82, 2.24) is 5.32 Å². The number of benzene rings is 1. The van der Waals surface area contributed by atoms with Crippen LogP contribution in [0.1, 0.15) is 38.7 Å². The molecule has 106 valence electrons. The molecule has 0 aliphatic carbocycles. The summed E-state index contributed by atoms with van der Waals surface area (Å²) in [5.41, 5.74) is 1.78. The molecule has 2 aromatic rings. The van der Waals surface area contributed by atoms with Gasteiger partial charge in [0, 0.05) is 21.9 Å². The van der Waals surface area contributed by atoms with Gasteiger partial charge < -0.3 is 10.4 Å². The molecule has 0 saturated carbocycles. The molecule has 0 bridgehead atoms. The molecular formula is C16H19NO2S. The number of rotatable bonds is 5. The van der Waals surface area contributed by atoms with E-state index >= 15 is 0 Å². The van der Waals surface area contributed by atoms with Crippen molar-refractivity contribution in [3.8, 4) is 0 Å². The third-order valence-corrected chi connectivity index (χ3v) is 4.35. The van der Waals surface area contributed by atoms with Gasteiger partial charge in [-0.1, -0.05) is 17.7 Å². The maximum Gasteiger partial charge on any atom is 0.251 e. The summed E-state index contributed by atoms with van der Waals surface area (Å²) in [4.78, 5) is 14.1. The zero-order valence-electron chi connectivity index (χ0n) is 11.7. The first-order valence-electron chi connectivity index (χ1n) is 6.68. The Balaban J connectivity index is 1.84. The normalized spacial score (nSPS) is 12.2. The number of hydrogen-bond donors (Lipinski definition) is 2. The molecule has 1 aromatic carbocycles. The van der Waals surface area contributed by atoms with Crippen molar-refractivity contribution in [3.05, 3.63) is 57.3 Å². The zero-order chi connectivity index (χ0) is 14.5. The van der Waals surface area contributed by atoms with Gasteiger partial charge in [0.25, 0.3) is 5.91 Å². The first-order chi connectivity index (χ1) is 9.56. The molecule has 4 heteroatoms. The number of carbonyl (C=O) groups is 1. The monoisotopic (exact) mass is 289 g/mol. The predicted octanol–water partition coefficient (Wildman–Crippen LogP) is 3.08. The maximum atomic E-state index is 12.0. The lowest BCUT2D eigenvalue weighted by Crippen LogP contribution is -2.25. The molecule has 0 aliphatic heterocycles. The van der Waals surface area contributed by atoms with Gasteiger partial charge in [0.1, 0.15) is 0 Å². The maximum absolute atomic E-state index is 12.0. The third-order valence-electron chi connectivity index (χ3n) is 3.03. The van der Waals surface area contributed by atoms with Crippen LogP contribution in [0.5, 0.6) is 0 Å². The van der Waals surface area contributed by atoms with E-state index in [-0.39, 0.29) is 5.91 Å². The number of aliphatic hydroxyl groups is 1. The second-order valence-electron chi connectivity index (χ2n) is 4.86. The molecular weight excluding hydrogens is 270 g/mol. The van der Waals surface area contributed by atoms with Crippen molar-refractivity contribution in [2.75, 3.05) is 6.54 Å². The summed E-state index contributed by atoms with van der Waals surface area (Å²) < 4.78 is 0. The zero-order valence-corrected chi connectivity index (χ0v) is 12.5. The van der Waals surface area contributed by atoms with Crippen molar-refractivity contribution in [2.45, 2.75) is 26.4 Å². The van der Waals surface area contributed by atoms with Crippen LogP contribution in [0, 0.1) is 6.92 Å². The van der Waals surface area contributed by atoms with Gasteiger partial charge in [-0.15, -0.1) is 11.3 Å². The molecule has 20 heavy (non-hydrogen) atoms. The first-order valence-corrected chi connectivity index (χ1v) is 7.49. The smallest absolute Gasteiger partial charge is 0.251 e. The van der Waals surface area contributed by atoms with Crippen LogP contribution in [0.3, 0.4) is 0 Å². The van der Waals surface area contributed by atoms with E-state index in [1.165, 1.54) is 4.88 Å². The quantitative estimate of drug-likeness (QED) is 0.888. The third kappa shape index (κ3) is 3.92. The van der Waals surface area contributed by atoms with Crippen molar-refractivity contribution in [3.63, 3.8) is 0 Å². The summed E-state index contributed by atoms with van der Waals surface area (Å²) in [7, 11) is 0. The number of aliphatic hydroxyl groups excluding tert-OH is 1. The van der Waals surface area contributed by atoms with Crippen LogP contribution in [-0.4, -0.2) is 17.6 Å². The van der Waals surface area contributed by atoms with E-state index in [4.69, 9.17) is 0 Å². The van der Waals surface area contributed by atoms with Crippen LogP contribution in [0.15, 0.2) is 36.4 Å². The van der Waals surface area contributed by atoms with Gasteiger partial charge in [-0.25, -0.2) is 0 Å². The summed E-state index contributed by atoms with van der Waals surface area (Å²) in [6.07, 6.45) is 0.366. The molecule has 0 fully saturated rings. The summed E-state index contributed by atoms with van der Waals surface area (Å²) in [5, 5.41) is 12.4. The van der Waals surface area contributed by atoms with Crippen molar-refractivity contribution >= 4 is 17.2 Å². The molecule has 0 unspecified atom stereocenters. The minimum Gasteiger partial charge on any atom is -0.388 e. The van der Waals surface area contributed by atoms with Crippen LogP contribution < -0.4 is 5.32 Å². The molecule has 0 aliphatic rings. The van der Waals surface area contributed by atoms with Crippen LogP contribution in [-0.2, 0) is 6.42 Å². The van der Waals surface area contributed by atoms with Gasteiger partial charge in [-0.3, -0.25) is 4.79 Å². The Morgan fingerprint density at radius 1 is 1.35 bits per heavy atom. The molecule has 1 amide bonds. The predicted molar refractivity (Wildman–Crippen MR) is 82.2 cm³/mol. The summed E-state index contributed by atoms with van der Waals surface area (Å²) in [6.45, 7) is 4.33. The SMILES string of the molecule is Cc1cccc(C(=O)NCCc2ccc([C@@H](C)O)s2)c1. The number of carbonyl (C=O) groups excluding carboxylic acids is 1. The van der Waals surface area contributed by atoms with Crippen molar-refractivity contribution in [2.24, 2.45) is 0 Å². The Kier molecular flexibility index (Phi) is 4.93. The Labute approximate surface area is 123 Å². The largest absolute Gasteiger partial charge is 0.388 e. The number of aryl methyl sites for hydroxylation is 1. The molecule has 2 rings (SSSR count). The van der Waals surface area contributed by atoms with Crippen molar-refractivity contribution in [1.29, 1.82) is 0 Å². The lowest BCUT2D eigenvalue weighted by atomic mass is 10.1.